The maximum Gasteiger partial charge on any atom is 0.179 e. The molecule has 250 valence electrons. The zero-order valence-electron chi connectivity index (χ0n) is 28.1. The number of rotatable bonds is 8. The summed E-state index contributed by atoms with van der Waals surface area (Å²) in [6.07, 6.45) is 0. The molecule has 0 aliphatic carbocycles. The average Bonchev–Trinajstić information content (AvgIpc) is 3.58. The van der Waals surface area contributed by atoms with Gasteiger partial charge in [0.25, 0.3) is 0 Å². The van der Waals surface area contributed by atoms with Crippen molar-refractivity contribution in [2.45, 2.75) is 7.43 Å². The van der Waals surface area contributed by atoms with E-state index in [9.17, 15) is 0 Å². The van der Waals surface area contributed by atoms with Gasteiger partial charge in [-0.05, 0) is 86.5 Å². The predicted octanol–water partition coefficient (Wildman–Crippen LogP) is 11.2. The summed E-state index contributed by atoms with van der Waals surface area (Å²) in [7, 11) is -2.62. The fourth-order valence-electron chi connectivity index (χ4n) is 7.66. The first-order valence-electron chi connectivity index (χ1n) is 17.4. The van der Waals surface area contributed by atoms with Crippen LogP contribution in [0, 0.1) is 0 Å². The van der Waals surface area contributed by atoms with Gasteiger partial charge in [-0.2, -0.15) is 0 Å². The van der Waals surface area contributed by atoms with Crippen molar-refractivity contribution >= 4 is 77.4 Å². The van der Waals surface area contributed by atoms with Gasteiger partial charge in [0.2, 0.25) is 0 Å². The first-order chi connectivity index (χ1) is 25.3. The van der Waals surface area contributed by atoms with Crippen molar-refractivity contribution in [3.8, 4) is 11.1 Å². The summed E-state index contributed by atoms with van der Waals surface area (Å²) in [5.41, 5.74) is 5.88. The number of anilines is 3. The molecule has 8 aromatic carbocycles. The van der Waals surface area contributed by atoms with Crippen molar-refractivity contribution in [2.75, 3.05) is 4.90 Å². The van der Waals surface area contributed by atoms with Crippen LogP contribution in [0.15, 0.2) is 212 Å². The minimum Gasteiger partial charge on any atom is -0.310 e. The maximum absolute atomic E-state index is 2.62. The van der Waals surface area contributed by atoms with Gasteiger partial charge in [-0.15, -0.1) is 11.3 Å². The van der Waals surface area contributed by atoms with Crippen molar-refractivity contribution < 1.29 is 0 Å². The van der Waals surface area contributed by atoms with Gasteiger partial charge in [0.15, 0.2) is 8.07 Å². The Morgan fingerprint density at radius 3 is 1.27 bits per heavy atom. The highest BCUT2D eigenvalue weighted by molar-refractivity contribution is 7.25. The summed E-state index contributed by atoms with van der Waals surface area (Å²) < 4.78 is 2.60. The topological polar surface area (TPSA) is 3.24 Å². The van der Waals surface area contributed by atoms with Crippen LogP contribution in [0.3, 0.4) is 0 Å². The predicted molar refractivity (Wildman–Crippen MR) is 230 cm³/mol. The van der Waals surface area contributed by atoms with Crippen LogP contribution in [0.4, 0.5) is 17.1 Å². The molecule has 1 nitrogen and oxygen atoms in total. The number of thiophene rings is 1. The summed E-state index contributed by atoms with van der Waals surface area (Å²) in [6.45, 7) is 0. The molecular formula is C49H39NSSi. The van der Waals surface area contributed by atoms with Crippen molar-refractivity contribution in [2.24, 2.45) is 0 Å². The number of hydrogen-bond donors (Lipinski definition) is 0. The largest absolute Gasteiger partial charge is 0.310 e. The third kappa shape index (κ3) is 5.84. The third-order valence-electron chi connectivity index (χ3n) is 10.0. The molecule has 0 atom stereocenters. The molecule has 0 saturated carbocycles. The fourth-order valence-corrected chi connectivity index (χ4v) is 13.5. The van der Waals surface area contributed by atoms with Gasteiger partial charge in [0.05, 0.1) is 0 Å². The zero-order valence-corrected chi connectivity index (χ0v) is 29.9. The number of fused-ring (bicyclic) bond motifs is 3. The lowest BCUT2D eigenvalue weighted by Crippen LogP contribution is -2.74. The molecule has 0 amide bonds. The fraction of sp³-hybridized carbons (Fsp3) is 0.0204. The molecule has 0 aliphatic rings. The molecule has 0 spiro atoms. The molecule has 0 aliphatic heterocycles. The van der Waals surface area contributed by atoms with E-state index in [1.165, 1.54) is 52.0 Å². The first kappa shape index (κ1) is 33.2. The minimum absolute atomic E-state index is 0. The highest BCUT2D eigenvalue weighted by atomic mass is 32.1. The number of hydrogen-bond acceptors (Lipinski definition) is 2. The van der Waals surface area contributed by atoms with Crippen LogP contribution in [0.5, 0.6) is 0 Å². The molecule has 9 rings (SSSR count). The van der Waals surface area contributed by atoms with E-state index in [1.54, 1.807) is 0 Å². The average molecular weight is 702 g/mol. The van der Waals surface area contributed by atoms with E-state index in [-0.39, 0.29) is 7.43 Å². The molecule has 1 aromatic heterocycles. The van der Waals surface area contributed by atoms with Crippen molar-refractivity contribution in [3.63, 3.8) is 0 Å². The minimum atomic E-state index is -2.62. The molecule has 52 heavy (non-hydrogen) atoms. The Bertz CT molecular complexity index is 2450. The Balaban J connectivity index is 0.00000387. The van der Waals surface area contributed by atoms with E-state index in [2.05, 4.69) is 217 Å². The number of para-hydroxylation sites is 1. The van der Waals surface area contributed by atoms with Gasteiger partial charge in [-0.25, -0.2) is 0 Å². The van der Waals surface area contributed by atoms with Gasteiger partial charge in [-0.1, -0.05) is 165 Å². The van der Waals surface area contributed by atoms with E-state index in [0.29, 0.717) is 0 Å². The SMILES string of the molecule is C.c1ccc(-c2ccc3sc4ccc(N(c5ccccc5)c5ccc([Si](c6ccccc6)(c6ccccc6)c6ccccc6)cc5)cc4c3c2)cc1. The standard InChI is InChI=1S/C48H35NSSi.CH4/c1-6-16-36(17-7-1)37-26-32-47-45(34-37)46-35-40(29-33-48(46)50-47)49(38-18-8-2-9-19-38)39-27-30-44(31-28-39)51(41-20-10-3-11-21-41,42-22-12-4-13-23-42)43-24-14-5-15-25-43;/h1-35H;1H4. The molecule has 0 saturated heterocycles. The van der Waals surface area contributed by atoms with E-state index >= 15 is 0 Å². The van der Waals surface area contributed by atoms with Gasteiger partial charge < -0.3 is 4.90 Å². The highest BCUT2D eigenvalue weighted by Gasteiger charge is 2.41. The van der Waals surface area contributed by atoms with Crippen LogP contribution in [0.25, 0.3) is 31.3 Å². The maximum atomic E-state index is 2.39. The highest BCUT2D eigenvalue weighted by Crippen LogP contribution is 2.41. The molecule has 0 unspecified atom stereocenters. The van der Waals surface area contributed by atoms with E-state index in [4.69, 9.17) is 0 Å². The Hall–Kier alpha value is -6.00. The second-order valence-corrected chi connectivity index (χ2v) is 17.8. The zero-order chi connectivity index (χ0) is 34.0. The molecule has 9 aromatic rings. The smallest absolute Gasteiger partial charge is 0.179 e. The lowest BCUT2D eigenvalue weighted by atomic mass is 10.0. The normalized spacial score (nSPS) is 11.3. The van der Waals surface area contributed by atoms with E-state index in [0.717, 1.165) is 17.1 Å². The van der Waals surface area contributed by atoms with Gasteiger partial charge in [-0.3, -0.25) is 0 Å². The Morgan fingerprint density at radius 1 is 0.327 bits per heavy atom. The molecule has 0 radical (unpaired) electrons. The van der Waals surface area contributed by atoms with Crippen molar-refractivity contribution in [1.29, 1.82) is 0 Å². The quantitative estimate of drug-likeness (QED) is 0.113. The molecule has 0 bridgehead atoms. The monoisotopic (exact) mass is 701 g/mol. The van der Waals surface area contributed by atoms with Crippen LogP contribution < -0.4 is 25.6 Å². The lowest BCUT2D eigenvalue weighted by molar-refractivity contribution is 1.29. The molecule has 0 fully saturated rings. The summed E-state index contributed by atoms with van der Waals surface area (Å²) in [5, 5.41) is 8.06. The van der Waals surface area contributed by atoms with E-state index < -0.39 is 8.07 Å². The second-order valence-electron chi connectivity index (χ2n) is 12.9. The lowest BCUT2D eigenvalue weighted by Gasteiger charge is -2.35. The van der Waals surface area contributed by atoms with Crippen LogP contribution in [-0.4, -0.2) is 8.07 Å². The Labute approximate surface area is 311 Å². The third-order valence-corrected chi connectivity index (χ3v) is 16.0. The second kappa shape index (κ2) is 14.3. The molecule has 1 heterocycles. The first-order valence-corrected chi connectivity index (χ1v) is 20.2. The summed E-state index contributed by atoms with van der Waals surface area (Å²) in [4.78, 5) is 2.39. The summed E-state index contributed by atoms with van der Waals surface area (Å²) >= 11 is 1.86. The van der Waals surface area contributed by atoms with Crippen molar-refractivity contribution in [3.05, 3.63) is 212 Å². The van der Waals surface area contributed by atoms with Gasteiger partial charge in [0.1, 0.15) is 0 Å². The van der Waals surface area contributed by atoms with Crippen LogP contribution >= 0.6 is 11.3 Å². The van der Waals surface area contributed by atoms with Crippen LogP contribution in [0.2, 0.25) is 0 Å². The Morgan fingerprint density at radius 2 is 0.731 bits per heavy atom. The van der Waals surface area contributed by atoms with Gasteiger partial charge in [0, 0.05) is 37.2 Å². The van der Waals surface area contributed by atoms with Crippen molar-refractivity contribution in [1.82, 2.24) is 0 Å². The van der Waals surface area contributed by atoms with E-state index in [1.807, 2.05) is 11.3 Å². The molecular weight excluding hydrogens is 663 g/mol. The summed E-state index contributed by atoms with van der Waals surface area (Å²) in [6, 6.07) is 78.0. The number of benzene rings is 8. The Kier molecular flexibility index (Phi) is 9.13. The molecule has 3 heteroatoms. The number of nitrogens with zero attached hydrogens (tertiary/aromatic N) is 1. The molecule has 0 N–H and O–H groups in total. The van der Waals surface area contributed by atoms with Gasteiger partial charge >= 0.3 is 0 Å². The summed E-state index contributed by atoms with van der Waals surface area (Å²) in [5.74, 6) is 0. The van der Waals surface area contributed by atoms with Crippen LogP contribution in [0.1, 0.15) is 7.43 Å². The van der Waals surface area contributed by atoms with Crippen LogP contribution in [-0.2, 0) is 0 Å².